The number of carbonyl (C=O) groups excluding carboxylic acids is 1. The summed E-state index contributed by atoms with van der Waals surface area (Å²) in [4.78, 5) is 14.1. The zero-order valence-corrected chi connectivity index (χ0v) is 15.1. The Labute approximate surface area is 149 Å². The van der Waals surface area contributed by atoms with Gasteiger partial charge in [0.2, 0.25) is 5.91 Å². The Morgan fingerprint density at radius 3 is 2.64 bits per heavy atom. The molecule has 0 aliphatic carbocycles. The Morgan fingerprint density at radius 2 is 1.92 bits per heavy atom. The van der Waals surface area contributed by atoms with E-state index >= 15 is 0 Å². The number of para-hydroxylation sites is 1. The van der Waals surface area contributed by atoms with E-state index in [4.69, 9.17) is 9.47 Å². The molecule has 2 rings (SSSR count). The zero-order chi connectivity index (χ0) is 18.1. The molecule has 5 heteroatoms. The molecular formula is C20H26N2O3. The third-order valence-electron chi connectivity index (χ3n) is 4.06. The molecule has 1 N–H and O–H groups in total. The molecule has 0 radical (unpaired) electrons. The summed E-state index contributed by atoms with van der Waals surface area (Å²) in [5, 5.41) is 2.91. The van der Waals surface area contributed by atoms with Gasteiger partial charge in [0, 0.05) is 25.3 Å². The SMILES string of the molecule is COc1cccc(COCC(=O)NCC(C)N(C)c2ccccc2)c1. The summed E-state index contributed by atoms with van der Waals surface area (Å²) >= 11 is 0. The van der Waals surface area contributed by atoms with Crippen LogP contribution in [0.15, 0.2) is 54.6 Å². The molecule has 0 bridgehead atoms. The van der Waals surface area contributed by atoms with Crippen LogP contribution in [0.5, 0.6) is 5.75 Å². The molecule has 25 heavy (non-hydrogen) atoms. The molecule has 0 aromatic heterocycles. The molecule has 2 aromatic rings. The van der Waals surface area contributed by atoms with Crippen molar-refractivity contribution in [1.29, 1.82) is 0 Å². The van der Waals surface area contributed by atoms with Gasteiger partial charge in [0.15, 0.2) is 0 Å². The molecule has 1 amide bonds. The Hall–Kier alpha value is -2.53. The smallest absolute Gasteiger partial charge is 0.246 e. The number of hydrogen-bond donors (Lipinski definition) is 1. The third-order valence-corrected chi connectivity index (χ3v) is 4.06. The average Bonchev–Trinajstić information content (AvgIpc) is 2.66. The van der Waals surface area contributed by atoms with Crippen molar-refractivity contribution in [3.63, 3.8) is 0 Å². The highest BCUT2D eigenvalue weighted by molar-refractivity contribution is 5.77. The van der Waals surface area contributed by atoms with Gasteiger partial charge < -0.3 is 19.7 Å². The highest BCUT2D eigenvalue weighted by Gasteiger charge is 2.11. The van der Waals surface area contributed by atoms with Crippen molar-refractivity contribution >= 4 is 11.6 Å². The van der Waals surface area contributed by atoms with Crippen molar-refractivity contribution < 1.29 is 14.3 Å². The number of methoxy groups -OCH3 is 1. The van der Waals surface area contributed by atoms with E-state index in [1.807, 2.05) is 49.5 Å². The average molecular weight is 342 g/mol. The first-order valence-corrected chi connectivity index (χ1v) is 8.35. The van der Waals surface area contributed by atoms with Crippen LogP contribution >= 0.6 is 0 Å². The van der Waals surface area contributed by atoms with Crippen LogP contribution in [0.25, 0.3) is 0 Å². The van der Waals surface area contributed by atoms with E-state index in [-0.39, 0.29) is 18.6 Å². The van der Waals surface area contributed by atoms with Crippen molar-refractivity contribution in [1.82, 2.24) is 5.32 Å². The highest BCUT2D eigenvalue weighted by Crippen LogP contribution is 2.14. The van der Waals surface area contributed by atoms with Crippen LogP contribution in [-0.4, -0.2) is 39.3 Å². The van der Waals surface area contributed by atoms with Crippen LogP contribution in [0.1, 0.15) is 12.5 Å². The molecule has 0 spiro atoms. The van der Waals surface area contributed by atoms with E-state index < -0.39 is 0 Å². The van der Waals surface area contributed by atoms with Crippen molar-refractivity contribution in [3.05, 3.63) is 60.2 Å². The Bertz CT molecular complexity index is 661. The maximum absolute atomic E-state index is 11.9. The van der Waals surface area contributed by atoms with Gasteiger partial charge in [0.1, 0.15) is 12.4 Å². The fourth-order valence-electron chi connectivity index (χ4n) is 2.39. The summed E-state index contributed by atoms with van der Waals surface area (Å²) in [6.07, 6.45) is 0. The van der Waals surface area contributed by atoms with Gasteiger partial charge in [-0.05, 0) is 36.8 Å². The third kappa shape index (κ3) is 6.12. The van der Waals surface area contributed by atoms with Crippen molar-refractivity contribution in [3.8, 4) is 5.75 Å². The number of ether oxygens (including phenoxy) is 2. The van der Waals surface area contributed by atoms with Crippen molar-refractivity contribution in [2.75, 3.05) is 32.2 Å². The first-order chi connectivity index (χ1) is 12.1. The van der Waals surface area contributed by atoms with Gasteiger partial charge in [-0.2, -0.15) is 0 Å². The lowest BCUT2D eigenvalue weighted by Crippen LogP contribution is -2.41. The van der Waals surface area contributed by atoms with Crippen LogP contribution in [0, 0.1) is 0 Å². The molecule has 0 saturated heterocycles. The zero-order valence-electron chi connectivity index (χ0n) is 15.1. The quantitative estimate of drug-likeness (QED) is 0.761. The minimum Gasteiger partial charge on any atom is -0.497 e. The minimum atomic E-state index is -0.115. The summed E-state index contributed by atoms with van der Waals surface area (Å²) < 4.78 is 10.6. The Balaban J connectivity index is 1.69. The van der Waals surface area contributed by atoms with Gasteiger partial charge in [0.25, 0.3) is 0 Å². The molecule has 1 atom stereocenters. The largest absolute Gasteiger partial charge is 0.497 e. The first-order valence-electron chi connectivity index (χ1n) is 8.35. The molecule has 0 heterocycles. The number of carbonyl (C=O) groups is 1. The predicted octanol–water partition coefficient (Wildman–Crippen LogP) is 2.85. The van der Waals surface area contributed by atoms with Gasteiger partial charge >= 0.3 is 0 Å². The molecule has 2 aromatic carbocycles. The van der Waals surface area contributed by atoms with Gasteiger partial charge in [-0.25, -0.2) is 0 Å². The first kappa shape index (κ1) is 18.8. The lowest BCUT2D eigenvalue weighted by Gasteiger charge is -2.27. The van der Waals surface area contributed by atoms with E-state index in [0.29, 0.717) is 13.2 Å². The maximum atomic E-state index is 11.9. The fraction of sp³-hybridized carbons (Fsp3) is 0.350. The summed E-state index contributed by atoms with van der Waals surface area (Å²) in [5.74, 6) is 0.666. The lowest BCUT2D eigenvalue weighted by atomic mass is 10.2. The van der Waals surface area contributed by atoms with E-state index in [1.165, 1.54) is 0 Å². The number of rotatable bonds is 9. The molecule has 0 saturated carbocycles. The standard InChI is InChI=1S/C20H26N2O3/c1-16(22(2)18-9-5-4-6-10-18)13-21-20(23)15-25-14-17-8-7-11-19(12-17)24-3/h4-12,16H,13-15H2,1-3H3,(H,21,23). The van der Waals surface area contributed by atoms with Gasteiger partial charge in [-0.3, -0.25) is 4.79 Å². The topological polar surface area (TPSA) is 50.8 Å². The lowest BCUT2D eigenvalue weighted by molar-refractivity contribution is -0.126. The number of nitrogens with one attached hydrogen (secondary N) is 1. The molecule has 0 fully saturated rings. The van der Waals surface area contributed by atoms with E-state index in [9.17, 15) is 4.79 Å². The number of benzene rings is 2. The second kappa shape index (κ2) is 9.69. The monoisotopic (exact) mass is 342 g/mol. The molecule has 134 valence electrons. The van der Waals surface area contributed by atoms with E-state index in [0.717, 1.165) is 17.0 Å². The maximum Gasteiger partial charge on any atom is 0.246 e. The van der Waals surface area contributed by atoms with Gasteiger partial charge in [0.05, 0.1) is 13.7 Å². The van der Waals surface area contributed by atoms with Crippen LogP contribution in [-0.2, 0) is 16.1 Å². The normalized spacial score (nSPS) is 11.6. The summed E-state index contributed by atoms with van der Waals surface area (Å²) in [6, 6.07) is 17.9. The van der Waals surface area contributed by atoms with Gasteiger partial charge in [-0.1, -0.05) is 30.3 Å². The second-order valence-corrected chi connectivity index (χ2v) is 5.94. The molecule has 1 unspecified atom stereocenters. The Morgan fingerprint density at radius 1 is 1.16 bits per heavy atom. The van der Waals surface area contributed by atoms with Crippen molar-refractivity contribution in [2.45, 2.75) is 19.6 Å². The molecule has 0 aliphatic heterocycles. The summed E-state index contributed by atoms with van der Waals surface area (Å²) in [6.45, 7) is 3.06. The summed E-state index contributed by atoms with van der Waals surface area (Å²) in [7, 11) is 3.65. The molecular weight excluding hydrogens is 316 g/mol. The van der Waals surface area contributed by atoms with E-state index in [2.05, 4.69) is 29.3 Å². The summed E-state index contributed by atoms with van der Waals surface area (Å²) in [5.41, 5.74) is 2.10. The fourth-order valence-corrected chi connectivity index (χ4v) is 2.39. The second-order valence-electron chi connectivity index (χ2n) is 5.94. The highest BCUT2D eigenvalue weighted by atomic mass is 16.5. The molecule has 0 aliphatic rings. The van der Waals surface area contributed by atoms with Crippen LogP contribution in [0.4, 0.5) is 5.69 Å². The van der Waals surface area contributed by atoms with Crippen molar-refractivity contribution in [2.24, 2.45) is 0 Å². The predicted molar refractivity (Wildman–Crippen MR) is 100.0 cm³/mol. The van der Waals surface area contributed by atoms with Crippen LogP contribution in [0.3, 0.4) is 0 Å². The number of nitrogens with zero attached hydrogens (tertiary/aromatic N) is 1. The Kier molecular flexibility index (Phi) is 7.29. The number of amides is 1. The number of likely N-dealkylation sites (N-methyl/N-ethyl adjacent to an activating group) is 1. The van der Waals surface area contributed by atoms with Gasteiger partial charge in [-0.15, -0.1) is 0 Å². The molecule has 5 nitrogen and oxygen atoms in total. The van der Waals surface area contributed by atoms with Crippen LogP contribution in [0.2, 0.25) is 0 Å². The number of anilines is 1. The van der Waals surface area contributed by atoms with E-state index in [1.54, 1.807) is 7.11 Å². The van der Waals surface area contributed by atoms with Crippen LogP contribution < -0.4 is 15.0 Å². The minimum absolute atomic E-state index is 0.0407. The number of hydrogen-bond acceptors (Lipinski definition) is 4.